The van der Waals surface area contributed by atoms with Crippen LogP contribution in [-0.2, 0) is 4.79 Å². The highest BCUT2D eigenvalue weighted by atomic mass is 16.5. The minimum atomic E-state index is -0.273. The van der Waals surface area contributed by atoms with Gasteiger partial charge in [-0.3, -0.25) is 9.59 Å². The summed E-state index contributed by atoms with van der Waals surface area (Å²) in [5.74, 6) is 0.966. The van der Waals surface area contributed by atoms with E-state index in [0.29, 0.717) is 28.0 Å². The van der Waals surface area contributed by atoms with Crippen molar-refractivity contribution in [3.63, 3.8) is 0 Å². The van der Waals surface area contributed by atoms with Crippen LogP contribution in [0.4, 0.5) is 0 Å². The van der Waals surface area contributed by atoms with E-state index in [2.05, 4.69) is 0 Å². The van der Waals surface area contributed by atoms with E-state index in [1.807, 2.05) is 32.0 Å². The number of methoxy groups -OCH3 is 1. The van der Waals surface area contributed by atoms with Crippen LogP contribution in [0, 0.1) is 13.8 Å². The average Bonchev–Trinajstić information content (AvgIpc) is 2.79. The van der Waals surface area contributed by atoms with Crippen molar-refractivity contribution in [3.8, 4) is 22.8 Å². The molecule has 0 bridgehead atoms. The van der Waals surface area contributed by atoms with Gasteiger partial charge in [0.15, 0.2) is 12.4 Å². The average molecular weight is 421 g/mol. The fraction of sp³-hybridized carbons (Fsp3) is 0.360. The van der Waals surface area contributed by atoms with Crippen LogP contribution in [0.3, 0.4) is 0 Å². The molecule has 162 valence electrons. The Bertz CT molecular complexity index is 1160. The number of ether oxygens (including phenoxy) is 2. The predicted octanol–water partition coefficient (Wildman–Crippen LogP) is 4.48. The van der Waals surface area contributed by atoms with Gasteiger partial charge in [0.1, 0.15) is 11.3 Å². The normalized spacial score (nSPS) is 14.0. The van der Waals surface area contributed by atoms with Crippen LogP contribution >= 0.6 is 0 Å². The van der Waals surface area contributed by atoms with E-state index in [4.69, 9.17) is 13.9 Å². The lowest BCUT2D eigenvalue weighted by molar-refractivity contribution is -0.134. The third-order valence-electron chi connectivity index (χ3n) is 5.68. The molecule has 4 rings (SSSR count). The molecule has 6 nitrogen and oxygen atoms in total. The lowest BCUT2D eigenvalue weighted by Crippen LogP contribution is -2.39. The Morgan fingerprint density at radius 2 is 1.77 bits per heavy atom. The van der Waals surface area contributed by atoms with Gasteiger partial charge in [0.05, 0.1) is 12.5 Å². The highest BCUT2D eigenvalue weighted by Gasteiger charge is 2.22. The molecule has 1 amide bonds. The molecule has 6 heteroatoms. The number of aryl methyl sites for hydroxylation is 2. The van der Waals surface area contributed by atoms with Crippen LogP contribution in [0.2, 0.25) is 0 Å². The number of hydrogen-bond acceptors (Lipinski definition) is 5. The Morgan fingerprint density at radius 1 is 1.06 bits per heavy atom. The van der Waals surface area contributed by atoms with Crippen molar-refractivity contribution in [2.45, 2.75) is 33.1 Å². The first-order valence-corrected chi connectivity index (χ1v) is 10.6. The summed E-state index contributed by atoms with van der Waals surface area (Å²) < 4.78 is 17.3. The first-order chi connectivity index (χ1) is 15.0. The molecule has 2 aromatic carbocycles. The van der Waals surface area contributed by atoms with E-state index in [0.717, 1.165) is 43.5 Å². The maximum absolute atomic E-state index is 13.4. The van der Waals surface area contributed by atoms with Gasteiger partial charge in [-0.25, -0.2) is 0 Å². The summed E-state index contributed by atoms with van der Waals surface area (Å²) in [6.45, 7) is 5.13. The molecule has 0 aliphatic carbocycles. The van der Waals surface area contributed by atoms with Crippen molar-refractivity contribution >= 4 is 16.9 Å². The van der Waals surface area contributed by atoms with Crippen LogP contribution in [0.5, 0.6) is 11.5 Å². The minimum Gasteiger partial charge on any atom is -0.497 e. The number of piperidine rings is 1. The van der Waals surface area contributed by atoms with Gasteiger partial charge in [-0.05, 0) is 74.6 Å². The van der Waals surface area contributed by atoms with Crippen LogP contribution in [-0.4, -0.2) is 37.6 Å². The number of fused-ring (bicyclic) bond motifs is 1. The molecule has 0 spiro atoms. The molecule has 31 heavy (non-hydrogen) atoms. The third kappa shape index (κ3) is 4.29. The summed E-state index contributed by atoms with van der Waals surface area (Å²) in [7, 11) is 1.59. The number of nitrogens with zero attached hydrogens (tertiary/aromatic N) is 1. The smallest absolute Gasteiger partial charge is 0.260 e. The van der Waals surface area contributed by atoms with Gasteiger partial charge in [0.2, 0.25) is 11.2 Å². The van der Waals surface area contributed by atoms with Gasteiger partial charge in [0.25, 0.3) is 5.91 Å². The van der Waals surface area contributed by atoms with Crippen LogP contribution in [0.1, 0.15) is 30.4 Å². The molecule has 0 saturated carbocycles. The Labute approximate surface area is 181 Å². The van der Waals surface area contributed by atoms with Gasteiger partial charge in [-0.1, -0.05) is 6.07 Å². The largest absolute Gasteiger partial charge is 0.497 e. The molecular weight excluding hydrogens is 394 g/mol. The highest BCUT2D eigenvalue weighted by Crippen LogP contribution is 2.33. The van der Waals surface area contributed by atoms with Crippen molar-refractivity contribution < 1.29 is 18.7 Å². The summed E-state index contributed by atoms with van der Waals surface area (Å²) in [5.41, 5.74) is 2.77. The predicted molar refractivity (Wildman–Crippen MR) is 120 cm³/mol. The monoisotopic (exact) mass is 421 g/mol. The zero-order valence-corrected chi connectivity index (χ0v) is 18.2. The van der Waals surface area contributed by atoms with E-state index < -0.39 is 0 Å². The fourth-order valence-corrected chi connectivity index (χ4v) is 4.06. The number of benzene rings is 2. The second-order valence-corrected chi connectivity index (χ2v) is 8.01. The van der Waals surface area contributed by atoms with E-state index >= 15 is 0 Å². The molecule has 3 aromatic rings. The number of carbonyl (C=O) groups is 1. The Balaban J connectivity index is 1.77. The van der Waals surface area contributed by atoms with Crippen molar-refractivity contribution in [2.75, 3.05) is 26.8 Å². The molecule has 0 atom stereocenters. The molecule has 0 radical (unpaired) electrons. The molecule has 2 heterocycles. The van der Waals surface area contributed by atoms with Gasteiger partial charge < -0.3 is 18.8 Å². The van der Waals surface area contributed by atoms with Crippen molar-refractivity contribution in [2.24, 2.45) is 0 Å². The molecule has 1 aliphatic heterocycles. The van der Waals surface area contributed by atoms with Crippen LogP contribution in [0.25, 0.3) is 22.3 Å². The van der Waals surface area contributed by atoms with E-state index in [-0.39, 0.29) is 23.7 Å². The second kappa shape index (κ2) is 8.84. The summed E-state index contributed by atoms with van der Waals surface area (Å²) in [4.78, 5) is 27.8. The Hall–Kier alpha value is -3.28. The van der Waals surface area contributed by atoms with Gasteiger partial charge in [-0.2, -0.15) is 0 Å². The minimum absolute atomic E-state index is 0.0630. The van der Waals surface area contributed by atoms with E-state index in [9.17, 15) is 9.59 Å². The summed E-state index contributed by atoms with van der Waals surface area (Å²) in [6.07, 6.45) is 3.14. The molecule has 0 unspecified atom stereocenters. The summed E-state index contributed by atoms with van der Waals surface area (Å²) in [6, 6.07) is 11.0. The Kier molecular flexibility index (Phi) is 5.98. The molecule has 1 aliphatic rings. The molecule has 1 saturated heterocycles. The molecule has 0 N–H and O–H groups in total. The lowest BCUT2D eigenvalue weighted by Gasteiger charge is -2.26. The topological polar surface area (TPSA) is 69.0 Å². The number of carbonyl (C=O) groups excluding carboxylic acids is 1. The maximum atomic E-state index is 13.4. The number of amides is 1. The highest BCUT2D eigenvalue weighted by molar-refractivity contribution is 5.85. The van der Waals surface area contributed by atoms with Crippen molar-refractivity contribution in [3.05, 3.63) is 57.7 Å². The summed E-state index contributed by atoms with van der Waals surface area (Å²) in [5, 5.41) is 0.454. The first kappa shape index (κ1) is 21.0. The molecule has 1 fully saturated rings. The Morgan fingerprint density at radius 3 is 2.45 bits per heavy atom. The van der Waals surface area contributed by atoms with Crippen LogP contribution < -0.4 is 14.9 Å². The third-order valence-corrected chi connectivity index (χ3v) is 5.68. The van der Waals surface area contributed by atoms with Gasteiger partial charge >= 0.3 is 0 Å². The van der Waals surface area contributed by atoms with E-state index in [1.165, 1.54) is 0 Å². The maximum Gasteiger partial charge on any atom is 0.260 e. The number of hydrogen-bond donors (Lipinski definition) is 0. The number of rotatable bonds is 5. The quantitative estimate of drug-likeness (QED) is 0.608. The van der Waals surface area contributed by atoms with E-state index in [1.54, 1.807) is 30.2 Å². The second-order valence-electron chi connectivity index (χ2n) is 8.01. The van der Waals surface area contributed by atoms with Crippen molar-refractivity contribution in [1.82, 2.24) is 4.90 Å². The van der Waals surface area contributed by atoms with Crippen LogP contribution in [0.15, 0.2) is 45.6 Å². The molecule has 1 aromatic heterocycles. The van der Waals surface area contributed by atoms with Gasteiger partial charge in [0, 0.05) is 18.7 Å². The zero-order valence-electron chi connectivity index (χ0n) is 18.2. The molecular formula is C25H27NO5. The standard InChI is InChI=1S/C25H27NO5/c1-16-13-17(2)23-20(14-16)22(28)25(30-15-21(27)26-11-5-4-6-12-26)24(31-23)18-7-9-19(29-3)10-8-18/h7-10,13-14H,4-6,11-12,15H2,1-3H3. The first-order valence-electron chi connectivity index (χ1n) is 10.6. The number of likely N-dealkylation sites (tertiary alicyclic amines) is 1. The lowest BCUT2D eigenvalue weighted by atomic mass is 10.1. The summed E-state index contributed by atoms with van der Waals surface area (Å²) >= 11 is 0. The van der Waals surface area contributed by atoms with Crippen molar-refractivity contribution in [1.29, 1.82) is 0 Å². The SMILES string of the molecule is COc1ccc(-c2oc3c(C)cc(C)cc3c(=O)c2OCC(=O)N2CCCCC2)cc1. The fourth-order valence-electron chi connectivity index (χ4n) is 4.06. The van der Waals surface area contributed by atoms with Gasteiger partial charge in [-0.15, -0.1) is 0 Å². The zero-order chi connectivity index (χ0) is 22.0.